The van der Waals surface area contributed by atoms with Crippen molar-refractivity contribution < 1.29 is 4.79 Å². The Bertz CT molecular complexity index is 1240. The molecule has 1 unspecified atom stereocenters. The molecule has 4 heteroatoms. The number of rotatable bonds is 4. The second kappa shape index (κ2) is 7.62. The van der Waals surface area contributed by atoms with Crippen molar-refractivity contribution in [2.24, 2.45) is 0 Å². The number of fused-ring (bicyclic) bond motifs is 4. The first-order valence-corrected chi connectivity index (χ1v) is 10.7. The number of amides is 1. The van der Waals surface area contributed by atoms with Crippen molar-refractivity contribution in [3.05, 3.63) is 77.9 Å². The Kier molecular flexibility index (Phi) is 4.80. The summed E-state index contributed by atoms with van der Waals surface area (Å²) in [4.78, 5) is 15.2. The molecule has 1 aliphatic rings. The molecule has 4 nitrogen and oxygen atoms in total. The minimum Gasteiger partial charge on any atom is -0.341 e. The summed E-state index contributed by atoms with van der Waals surface area (Å²) in [5.41, 5.74) is 5.94. The van der Waals surface area contributed by atoms with Crippen molar-refractivity contribution in [3.63, 3.8) is 0 Å². The molecule has 1 N–H and O–H groups in total. The molecule has 0 radical (unpaired) electrons. The molecule has 0 fully saturated rings. The van der Waals surface area contributed by atoms with Crippen LogP contribution in [0.4, 0.5) is 5.69 Å². The minimum atomic E-state index is 0.0575. The third-order valence-corrected chi connectivity index (χ3v) is 6.43. The second-order valence-electron chi connectivity index (χ2n) is 8.19. The molecule has 5 rings (SSSR count). The van der Waals surface area contributed by atoms with Gasteiger partial charge in [0.15, 0.2) is 0 Å². The Morgan fingerprint density at radius 1 is 1.00 bits per heavy atom. The average molecular weight is 398 g/mol. The molecular formula is C26H27N3O. The number of para-hydroxylation sites is 1. The molecular weight excluding hydrogens is 370 g/mol. The molecule has 4 aromatic rings. The van der Waals surface area contributed by atoms with Gasteiger partial charge >= 0.3 is 0 Å². The summed E-state index contributed by atoms with van der Waals surface area (Å²) in [7, 11) is 2.11. The lowest BCUT2D eigenvalue weighted by Gasteiger charge is -2.34. The van der Waals surface area contributed by atoms with Gasteiger partial charge in [-0.15, -0.1) is 0 Å². The first-order chi connectivity index (χ1) is 14.7. The van der Waals surface area contributed by atoms with Gasteiger partial charge in [-0.25, -0.2) is 0 Å². The van der Waals surface area contributed by atoms with E-state index in [1.807, 2.05) is 6.07 Å². The second-order valence-corrected chi connectivity index (χ2v) is 8.19. The van der Waals surface area contributed by atoms with E-state index in [1.54, 1.807) is 0 Å². The van der Waals surface area contributed by atoms with Gasteiger partial charge in [-0.2, -0.15) is 0 Å². The SMILES string of the molecule is CCn1c2ccccc2c2cc(NC(=O)CC3c4ccccc4CCN3C)ccc21. The Labute approximate surface area is 177 Å². The molecule has 1 aromatic heterocycles. The van der Waals surface area contributed by atoms with Gasteiger partial charge in [-0.05, 0) is 55.8 Å². The predicted molar refractivity (Wildman–Crippen MR) is 124 cm³/mol. The molecule has 0 spiro atoms. The van der Waals surface area contributed by atoms with E-state index in [2.05, 4.69) is 89.4 Å². The van der Waals surface area contributed by atoms with Gasteiger partial charge in [0.25, 0.3) is 0 Å². The highest BCUT2D eigenvalue weighted by atomic mass is 16.1. The van der Waals surface area contributed by atoms with E-state index < -0.39 is 0 Å². The van der Waals surface area contributed by atoms with Crippen LogP contribution in [0, 0.1) is 0 Å². The van der Waals surface area contributed by atoms with E-state index in [0.717, 1.165) is 25.2 Å². The molecule has 30 heavy (non-hydrogen) atoms. The van der Waals surface area contributed by atoms with Gasteiger partial charge in [-0.3, -0.25) is 9.69 Å². The van der Waals surface area contributed by atoms with Crippen molar-refractivity contribution in [2.75, 3.05) is 18.9 Å². The van der Waals surface area contributed by atoms with Gasteiger partial charge in [0.2, 0.25) is 5.91 Å². The number of nitrogens with one attached hydrogen (secondary N) is 1. The minimum absolute atomic E-state index is 0.0575. The molecule has 3 aromatic carbocycles. The van der Waals surface area contributed by atoms with Crippen LogP contribution in [-0.2, 0) is 17.8 Å². The third kappa shape index (κ3) is 3.17. The number of hydrogen-bond donors (Lipinski definition) is 1. The van der Waals surface area contributed by atoms with E-state index in [-0.39, 0.29) is 11.9 Å². The van der Waals surface area contributed by atoms with Crippen LogP contribution in [0.5, 0.6) is 0 Å². The zero-order valence-corrected chi connectivity index (χ0v) is 17.6. The maximum atomic E-state index is 13.0. The summed E-state index contributed by atoms with van der Waals surface area (Å²) in [5, 5.41) is 5.56. The Hall–Kier alpha value is -3.11. The van der Waals surface area contributed by atoms with Crippen molar-refractivity contribution in [1.82, 2.24) is 9.47 Å². The van der Waals surface area contributed by atoms with Crippen LogP contribution in [0.1, 0.15) is 30.5 Å². The van der Waals surface area contributed by atoms with Crippen molar-refractivity contribution in [1.29, 1.82) is 0 Å². The fourth-order valence-electron chi connectivity index (χ4n) is 4.90. The van der Waals surface area contributed by atoms with Crippen LogP contribution >= 0.6 is 0 Å². The number of carbonyl (C=O) groups is 1. The molecule has 1 atom stereocenters. The normalized spacial score (nSPS) is 16.7. The Morgan fingerprint density at radius 3 is 2.63 bits per heavy atom. The number of likely N-dealkylation sites (N-methyl/N-ethyl adjacent to an activating group) is 1. The van der Waals surface area contributed by atoms with Crippen LogP contribution in [0.15, 0.2) is 66.7 Å². The zero-order valence-electron chi connectivity index (χ0n) is 17.6. The van der Waals surface area contributed by atoms with E-state index in [4.69, 9.17) is 0 Å². The van der Waals surface area contributed by atoms with Crippen LogP contribution in [0.2, 0.25) is 0 Å². The lowest BCUT2D eigenvalue weighted by Crippen LogP contribution is -2.34. The number of nitrogens with zero attached hydrogens (tertiary/aromatic N) is 2. The Morgan fingerprint density at radius 2 is 1.77 bits per heavy atom. The summed E-state index contributed by atoms with van der Waals surface area (Å²) in [6, 6.07) is 23.3. The molecule has 0 saturated heterocycles. The average Bonchev–Trinajstić information content (AvgIpc) is 3.09. The van der Waals surface area contributed by atoms with Crippen LogP contribution in [0.3, 0.4) is 0 Å². The molecule has 0 bridgehead atoms. The number of anilines is 1. The van der Waals surface area contributed by atoms with Crippen LogP contribution in [0.25, 0.3) is 21.8 Å². The van der Waals surface area contributed by atoms with Crippen LogP contribution in [-0.4, -0.2) is 29.0 Å². The van der Waals surface area contributed by atoms with Gasteiger partial charge < -0.3 is 9.88 Å². The number of hydrogen-bond acceptors (Lipinski definition) is 2. The fourth-order valence-corrected chi connectivity index (χ4v) is 4.90. The summed E-state index contributed by atoms with van der Waals surface area (Å²) in [5.74, 6) is 0.0575. The fraction of sp³-hybridized carbons (Fsp3) is 0.269. The molecule has 1 amide bonds. The van der Waals surface area contributed by atoms with Crippen LogP contribution < -0.4 is 5.32 Å². The number of aryl methyl sites for hydroxylation is 1. The third-order valence-electron chi connectivity index (χ3n) is 6.43. The molecule has 0 saturated carbocycles. The Balaban J connectivity index is 1.42. The molecule has 2 heterocycles. The first kappa shape index (κ1) is 18.9. The lowest BCUT2D eigenvalue weighted by molar-refractivity contribution is -0.117. The van der Waals surface area contributed by atoms with E-state index in [0.29, 0.717) is 6.42 Å². The smallest absolute Gasteiger partial charge is 0.226 e. The number of benzene rings is 3. The van der Waals surface area contributed by atoms with E-state index in [1.165, 1.54) is 32.9 Å². The number of carbonyl (C=O) groups excluding carboxylic acids is 1. The highest BCUT2D eigenvalue weighted by Crippen LogP contribution is 2.33. The first-order valence-electron chi connectivity index (χ1n) is 10.7. The predicted octanol–water partition coefficient (Wildman–Crippen LogP) is 5.37. The van der Waals surface area contributed by atoms with Gasteiger partial charge in [0.1, 0.15) is 0 Å². The summed E-state index contributed by atoms with van der Waals surface area (Å²) in [6.45, 7) is 4.07. The van der Waals surface area contributed by atoms with Gasteiger partial charge in [-0.1, -0.05) is 42.5 Å². The molecule has 1 aliphatic heterocycles. The van der Waals surface area contributed by atoms with Gasteiger partial charge in [0.05, 0.1) is 0 Å². The summed E-state index contributed by atoms with van der Waals surface area (Å²) >= 11 is 0. The topological polar surface area (TPSA) is 37.3 Å². The van der Waals surface area contributed by atoms with Crippen molar-refractivity contribution >= 4 is 33.4 Å². The maximum absolute atomic E-state index is 13.0. The highest BCUT2D eigenvalue weighted by Gasteiger charge is 2.26. The highest BCUT2D eigenvalue weighted by molar-refractivity contribution is 6.09. The quantitative estimate of drug-likeness (QED) is 0.502. The molecule has 152 valence electrons. The van der Waals surface area contributed by atoms with E-state index in [9.17, 15) is 4.79 Å². The van der Waals surface area contributed by atoms with Gasteiger partial charge in [0, 0.05) is 53.0 Å². The zero-order chi connectivity index (χ0) is 20.7. The largest absolute Gasteiger partial charge is 0.341 e. The van der Waals surface area contributed by atoms with Crippen molar-refractivity contribution in [3.8, 4) is 0 Å². The molecule has 0 aliphatic carbocycles. The van der Waals surface area contributed by atoms with E-state index >= 15 is 0 Å². The lowest BCUT2D eigenvalue weighted by atomic mass is 9.91. The standard InChI is InChI=1S/C26H27N3O/c1-3-29-23-11-7-6-10-21(23)22-16-19(12-13-24(22)29)27-26(30)17-25-20-9-5-4-8-18(20)14-15-28(25)2/h4-13,16,25H,3,14-15,17H2,1-2H3,(H,27,30). The maximum Gasteiger partial charge on any atom is 0.226 e. The van der Waals surface area contributed by atoms with Crippen molar-refractivity contribution in [2.45, 2.75) is 32.4 Å². The summed E-state index contributed by atoms with van der Waals surface area (Å²) < 4.78 is 2.32. The number of aromatic nitrogens is 1. The monoisotopic (exact) mass is 397 g/mol. The summed E-state index contributed by atoms with van der Waals surface area (Å²) in [6.07, 6.45) is 1.51.